The van der Waals surface area contributed by atoms with E-state index in [1.54, 1.807) is 0 Å². The highest BCUT2D eigenvalue weighted by atomic mass is 127. The average Bonchev–Trinajstić information content (AvgIpc) is 2.59. The van der Waals surface area contributed by atoms with E-state index in [0.29, 0.717) is 12.8 Å². The fourth-order valence-electron chi connectivity index (χ4n) is 2.30. The second-order valence-corrected chi connectivity index (χ2v) is 7.71. The highest BCUT2D eigenvalue weighted by molar-refractivity contribution is 14.1. The maximum Gasteiger partial charge on any atom is 0.460 e. The van der Waals surface area contributed by atoms with Gasteiger partial charge in [0.05, 0.1) is 0 Å². The van der Waals surface area contributed by atoms with Gasteiger partial charge in [-0.2, -0.15) is 65.9 Å². The molecule has 0 rings (SSSR count). The molecule has 0 atom stereocenters. The van der Waals surface area contributed by atoms with E-state index in [1.807, 2.05) is 22.6 Å². The summed E-state index contributed by atoms with van der Waals surface area (Å²) in [5.74, 6) is -45.8. The third-order valence-electron chi connectivity index (χ3n) is 4.27. The van der Waals surface area contributed by atoms with Gasteiger partial charge in [-0.15, -0.1) is 0 Å². The maximum absolute atomic E-state index is 13.6. The largest absolute Gasteiger partial charge is 0.460 e. The summed E-state index contributed by atoms with van der Waals surface area (Å²) in [4.78, 5) is 0. The van der Waals surface area contributed by atoms with E-state index in [2.05, 4.69) is 0 Å². The van der Waals surface area contributed by atoms with Crippen LogP contribution in [-0.4, -0.2) is 46.1 Å². The Balaban J connectivity index is 5.69. The van der Waals surface area contributed by atoms with Crippen molar-refractivity contribution in [3.8, 4) is 0 Å². The molecule has 0 saturated carbocycles. The second kappa shape index (κ2) is 9.89. The van der Waals surface area contributed by atoms with Gasteiger partial charge >= 0.3 is 41.7 Å². The lowest BCUT2D eigenvalue weighted by molar-refractivity contribution is -0.452. The Morgan fingerprint density at radius 3 is 1.10 bits per heavy atom. The van der Waals surface area contributed by atoms with Gasteiger partial charge in [-0.3, -0.25) is 0 Å². The van der Waals surface area contributed by atoms with E-state index in [1.165, 1.54) is 0 Å². The van der Waals surface area contributed by atoms with Crippen LogP contribution in [0.1, 0.15) is 44.9 Å². The summed E-state index contributed by atoms with van der Waals surface area (Å²) in [7, 11) is 0. The molecule has 0 radical (unpaired) electrons. The van der Waals surface area contributed by atoms with Gasteiger partial charge in [0.2, 0.25) is 0 Å². The Morgan fingerprint density at radius 1 is 0.387 bits per heavy atom. The van der Waals surface area contributed by atoms with Gasteiger partial charge in [-0.25, -0.2) is 0 Å². The van der Waals surface area contributed by atoms with Crippen molar-refractivity contribution >= 4 is 22.6 Å². The number of hydrogen-bond donors (Lipinski definition) is 0. The van der Waals surface area contributed by atoms with Gasteiger partial charge in [0.25, 0.3) is 0 Å². The summed E-state index contributed by atoms with van der Waals surface area (Å²) in [5, 5.41) is 0. The molecule has 0 amide bonds. The van der Waals surface area contributed by atoms with Crippen LogP contribution in [0.25, 0.3) is 0 Å². The summed E-state index contributed by atoms with van der Waals surface area (Å²) in [6.07, 6.45) is -9.10. The van der Waals surface area contributed by atoms with Crippen LogP contribution >= 0.6 is 22.6 Å². The van der Waals surface area contributed by atoms with Crippen molar-refractivity contribution < 1.29 is 65.9 Å². The van der Waals surface area contributed by atoms with Crippen molar-refractivity contribution in [1.82, 2.24) is 0 Å². The molecule has 0 aliphatic rings. The monoisotopic (exact) mass is 608 g/mol. The van der Waals surface area contributed by atoms with E-state index in [9.17, 15) is 65.9 Å². The summed E-state index contributed by atoms with van der Waals surface area (Å²) >= 11 is 2.03. The molecule has 16 heteroatoms. The Labute approximate surface area is 180 Å². The minimum absolute atomic E-state index is 0.153. The van der Waals surface area contributed by atoms with Gasteiger partial charge < -0.3 is 0 Å². The van der Waals surface area contributed by atoms with Crippen molar-refractivity contribution in [2.24, 2.45) is 0 Å². The molecule has 0 aliphatic carbocycles. The summed E-state index contributed by atoms with van der Waals surface area (Å²) in [6, 6.07) is 0. The summed E-state index contributed by atoms with van der Waals surface area (Å²) in [5.41, 5.74) is 0. The number of alkyl halides is 16. The van der Waals surface area contributed by atoms with Gasteiger partial charge in [-0.05, 0) is 17.3 Å². The van der Waals surface area contributed by atoms with Crippen LogP contribution in [-0.2, 0) is 0 Å². The topological polar surface area (TPSA) is 0 Å². The van der Waals surface area contributed by atoms with Crippen molar-refractivity contribution in [1.29, 1.82) is 0 Å². The molecule has 188 valence electrons. The molecule has 0 nitrogen and oxygen atoms in total. The van der Waals surface area contributed by atoms with Crippen LogP contribution in [0.15, 0.2) is 0 Å². The zero-order valence-corrected chi connectivity index (χ0v) is 17.4. The molecular formula is C15H16F15I. The fourth-order valence-corrected chi connectivity index (χ4v) is 2.84. The molecule has 0 saturated heterocycles. The zero-order valence-electron chi connectivity index (χ0n) is 15.2. The average molecular weight is 608 g/mol. The maximum atomic E-state index is 13.6. The quantitative estimate of drug-likeness (QED) is 0.0852. The minimum Gasteiger partial charge on any atom is -0.200 e. The first-order valence-electron chi connectivity index (χ1n) is 8.46. The molecule has 0 spiro atoms. The molecular weight excluding hydrogens is 592 g/mol. The van der Waals surface area contributed by atoms with E-state index in [-0.39, 0.29) is 12.8 Å². The minimum atomic E-state index is -8.20. The molecule has 31 heavy (non-hydrogen) atoms. The van der Waals surface area contributed by atoms with Gasteiger partial charge in [-0.1, -0.05) is 48.3 Å². The zero-order chi connectivity index (χ0) is 25.2. The molecule has 0 aliphatic heterocycles. The fraction of sp³-hybridized carbons (Fsp3) is 1.00. The lowest BCUT2D eigenvalue weighted by atomic mass is 9.89. The van der Waals surface area contributed by atoms with Crippen LogP contribution in [0.3, 0.4) is 0 Å². The third kappa shape index (κ3) is 5.61. The highest BCUT2D eigenvalue weighted by Gasteiger charge is 2.93. The molecule has 0 aromatic heterocycles. The van der Waals surface area contributed by atoms with Crippen LogP contribution < -0.4 is 0 Å². The van der Waals surface area contributed by atoms with Crippen molar-refractivity contribution in [2.75, 3.05) is 4.43 Å². The lowest BCUT2D eigenvalue weighted by Crippen LogP contribution is -2.72. The molecule has 0 fully saturated rings. The molecule has 0 heterocycles. The van der Waals surface area contributed by atoms with Gasteiger partial charge in [0.1, 0.15) is 0 Å². The Morgan fingerprint density at radius 2 is 0.710 bits per heavy atom. The van der Waals surface area contributed by atoms with Gasteiger partial charge in [0, 0.05) is 6.42 Å². The molecule has 0 unspecified atom stereocenters. The van der Waals surface area contributed by atoms with Gasteiger partial charge in [0.15, 0.2) is 0 Å². The second-order valence-electron chi connectivity index (χ2n) is 6.63. The van der Waals surface area contributed by atoms with E-state index in [4.69, 9.17) is 0 Å². The normalized spacial score (nSPS) is 15.5. The first-order chi connectivity index (χ1) is 13.6. The summed E-state index contributed by atoms with van der Waals surface area (Å²) in [6.45, 7) is 0. The smallest absolute Gasteiger partial charge is 0.200 e. The number of hydrogen-bond acceptors (Lipinski definition) is 0. The predicted molar refractivity (Wildman–Crippen MR) is 86.9 cm³/mol. The lowest BCUT2D eigenvalue weighted by Gasteiger charge is -2.41. The number of unbranched alkanes of at least 4 members (excludes halogenated alkanes) is 5. The predicted octanol–water partition coefficient (Wildman–Crippen LogP) is 8.53. The highest BCUT2D eigenvalue weighted by Crippen LogP contribution is 2.62. The number of rotatable bonds is 13. The first kappa shape index (κ1) is 30.7. The standard InChI is InChI=1S/C15H16F15I/c16-9(17,7-5-3-1-2-4-6-8-31)10(18,19)11(20,21)12(22,23)13(24,25)14(26,27)15(28,29)30/h1-8H2. The molecule has 0 aromatic rings. The first-order valence-corrected chi connectivity index (χ1v) is 9.98. The Kier molecular flexibility index (Phi) is 9.79. The molecule has 0 N–H and O–H groups in total. The van der Waals surface area contributed by atoms with Crippen LogP contribution in [0, 0.1) is 0 Å². The molecule has 0 bridgehead atoms. The SMILES string of the molecule is FC(F)(F)C(F)(F)C(F)(F)C(F)(F)C(F)(F)C(F)(F)C(F)(F)CCCCCCCCI. The van der Waals surface area contributed by atoms with E-state index in [0.717, 1.165) is 10.8 Å². The van der Waals surface area contributed by atoms with Crippen molar-refractivity contribution in [2.45, 2.75) is 86.7 Å². The number of halogens is 16. The Bertz CT molecular complexity index is 567. The third-order valence-corrected chi connectivity index (χ3v) is 5.03. The van der Waals surface area contributed by atoms with Crippen LogP contribution in [0.4, 0.5) is 65.9 Å². The van der Waals surface area contributed by atoms with Crippen LogP contribution in [0.5, 0.6) is 0 Å². The van der Waals surface area contributed by atoms with Crippen molar-refractivity contribution in [3.05, 3.63) is 0 Å². The van der Waals surface area contributed by atoms with E-state index >= 15 is 0 Å². The molecule has 0 aromatic carbocycles. The van der Waals surface area contributed by atoms with Crippen molar-refractivity contribution in [3.63, 3.8) is 0 Å². The van der Waals surface area contributed by atoms with E-state index < -0.39 is 54.6 Å². The van der Waals surface area contributed by atoms with Crippen LogP contribution in [0.2, 0.25) is 0 Å². The Hall–Kier alpha value is -0.320. The summed E-state index contributed by atoms with van der Waals surface area (Å²) < 4.78 is 196.